The van der Waals surface area contributed by atoms with Gasteiger partial charge in [-0.25, -0.2) is 4.98 Å². The zero-order valence-electron chi connectivity index (χ0n) is 12.7. The Balaban J connectivity index is 1.67. The minimum atomic E-state index is 0.712. The maximum absolute atomic E-state index is 5.62. The Bertz CT molecular complexity index is 845. The number of anilines is 1. The van der Waals surface area contributed by atoms with E-state index in [-0.39, 0.29) is 0 Å². The summed E-state index contributed by atoms with van der Waals surface area (Å²) in [5.74, 6) is 1.75. The number of fused-ring (bicyclic) bond motifs is 1. The zero-order chi connectivity index (χ0) is 15.6. The van der Waals surface area contributed by atoms with Gasteiger partial charge in [0.1, 0.15) is 23.1 Å². The Morgan fingerprint density at radius 3 is 3.04 bits per heavy atom. The van der Waals surface area contributed by atoms with Crippen molar-refractivity contribution in [1.29, 1.82) is 0 Å². The summed E-state index contributed by atoms with van der Waals surface area (Å²) in [6.45, 7) is 1.55. The summed E-state index contributed by atoms with van der Waals surface area (Å²) in [7, 11) is 1.67. The highest BCUT2D eigenvalue weighted by atomic mass is 32.1. The van der Waals surface area contributed by atoms with Crippen LogP contribution in [0.2, 0.25) is 0 Å². The molecule has 4 rings (SSSR count). The molecular weight excluding hydrogens is 308 g/mol. The lowest BCUT2D eigenvalue weighted by Gasteiger charge is -2.19. The van der Waals surface area contributed by atoms with Crippen LogP contribution in [0.5, 0.6) is 11.5 Å². The third-order valence-corrected chi connectivity index (χ3v) is 4.66. The molecule has 0 atom stereocenters. The van der Waals surface area contributed by atoms with Gasteiger partial charge in [0.25, 0.3) is 0 Å². The van der Waals surface area contributed by atoms with Crippen molar-refractivity contribution in [2.45, 2.75) is 0 Å². The highest BCUT2D eigenvalue weighted by Gasteiger charge is 2.13. The van der Waals surface area contributed by atoms with Crippen LogP contribution in [0.25, 0.3) is 21.8 Å². The number of nitrogens with zero attached hydrogens (tertiary/aromatic N) is 1. The number of aromatic nitrogens is 1. The fourth-order valence-corrected chi connectivity index (χ4v) is 3.42. The van der Waals surface area contributed by atoms with E-state index in [0.29, 0.717) is 6.61 Å². The van der Waals surface area contributed by atoms with Crippen LogP contribution in [-0.2, 0) is 0 Å². The number of benzene rings is 2. The van der Waals surface area contributed by atoms with E-state index in [1.54, 1.807) is 18.4 Å². The van der Waals surface area contributed by atoms with Crippen LogP contribution in [0.1, 0.15) is 0 Å². The lowest BCUT2D eigenvalue weighted by atomic mass is 10.1. The van der Waals surface area contributed by atoms with Gasteiger partial charge in [0.2, 0.25) is 0 Å². The van der Waals surface area contributed by atoms with E-state index in [4.69, 9.17) is 14.5 Å². The molecule has 1 aliphatic heterocycles. The Morgan fingerprint density at radius 2 is 2.13 bits per heavy atom. The smallest absolute Gasteiger partial charge is 0.142 e. The van der Waals surface area contributed by atoms with Crippen LogP contribution < -0.4 is 14.8 Å². The van der Waals surface area contributed by atoms with Crippen LogP contribution in [0.3, 0.4) is 0 Å². The number of hydrogen-bond donors (Lipinski definition) is 1. The monoisotopic (exact) mass is 324 g/mol. The normalized spacial score (nSPS) is 12.9. The minimum absolute atomic E-state index is 0.712. The van der Waals surface area contributed by atoms with Gasteiger partial charge < -0.3 is 14.8 Å². The van der Waals surface area contributed by atoms with Crippen molar-refractivity contribution < 1.29 is 9.47 Å². The van der Waals surface area contributed by atoms with Crippen LogP contribution in [0.15, 0.2) is 47.8 Å². The van der Waals surface area contributed by atoms with Crippen molar-refractivity contribution in [1.82, 2.24) is 4.98 Å². The van der Waals surface area contributed by atoms with Crippen molar-refractivity contribution >= 4 is 17.0 Å². The second-order valence-corrected chi connectivity index (χ2v) is 6.11. The number of rotatable bonds is 3. The van der Waals surface area contributed by atoms with Crippen molar-refractivity contribution in [3.05, 3.63) is 47.8 Å². The molecule has 5 heteroatoms. The molecule has 0 spiro atoms. The first-order valence-corrected chi connectivity index (χ1v) is 8.32. The van der Waals surface area contributed by atoms with E-state index in [1.165, 1.54) is 0 Å². The van der Waals surface area contributed by atoms with E-state index in [0.717, 1.165) is 45.6 Å². The summed E-state index contributed by atoms with van der Waals surface area (Å²) in [4.78, 5) is 4.77. The number of thiazole rings is 1. The number of hydrogen-bond acceptors (Lipinski definition) is 5. The van der Waals surface area contributed by atoms with Crippen LogP contribution in [-0.4, -0.2) is 25.2 Å². The predicted octanol–water partition coefficient (Wildman–Crippen LogP) is 4.29. The van der Waals surface area contributed by atoms with Gasteiger partial charge in [-0.1, -0.05) is 12.1 Å². The third-order valence-electron chi connectivity index (χ3n) is 3.77. The number of nitrogens with one attached hydrogen (secondary N) is 1. The van der Waals surface area contributed by atoms with Crippen LogP contribution in [0.4, 0.5) is 5.69 Å². The van der Waals surface area contributed by atoms with Gasteiger partial charge in [-0.05, 0) is 30.3 Å². The summed E-state index contributed by atoms with van der Waals surface area (Å²) >= 11 is 1.64. The molecular formula is C18H16N2O2S. The fraction of sp³-hybridized carbons (Fsp3) is 0.167. The second kappa shape index (κ2) is 5.93. The van der Waals surface area contributed by atoms with Crippen molar-refractivity contribution in [2.75, 3.05) is 25.6 Å². The van der Waals surface area contributed by atoms with Crippen LogP contribution in [0, 0.1) is 0 Å². The molecule has 0 aliphatic carbocycles. The summed E-state index contributed by atoms with van der Waals surface area (Å²) < 4.78 is 10.9. The van der Waals surface area contributed by atoms with Gasteiger partial charge in [0.05, 0.1) is 18.5 Å². The van der Waals surface area contributed by atoms with Gasteiger partial charge in [-0.15, -0.1) is 11.3 Å². The number of ether oxygens (including phenoxy) is 2. The highest BCUT2D eigenvalue weighted by Crippen LogP contribution is 2.35. The minimum Gasteiger partial charge on any atom is -0.497 e. The first kappa shape index (κ1) is 14.1. The molecule has 0 bridgehead atoms. The van der Waals surface area contributed by atoms with Crippen molar-refractivity contribution in [3.63, 3.8) is 0 Å². The Labute approximate surface area is 138 Å². The van der Waals surface area contributed by atoms with E-state index in [1.807, 2.05) is 30.3 Å². The lowest BCUT2D eigenvalue weighted by Crippen LogP contribution is -2.17. The van der Waals surface area contributed by atoms with E-state index in [9.17, 15) is 0 Å². The maximum Gasteiger partial charge on any atom is 0.142 e. The van der Waals surface area contributed by atoms with Crippen molar-refractivity contribution in [3.8, 4) is 33.3 Å². The molecule has 0 radical (unpaired) electrons. The molecule has 1 N–H and O–H groups in total. The van der Waals surface area contributed by atoms with Crippen LogP contribution >= 0.6 is 11.3 Å². The fourth-order valence-electron chi connectivity index (χ4n) is 2.60. The Hall–Kier alpha value is -2.53. The molecule has 2 heterocycles. The van der Waals surface area contributed by atoms with E-state index in [2.05, 4.69) is 22.8 Å². The summed E-state index contributed by atoms with van der Waals surface area (Å²) in [6, 6.07) is 14.1. The topological polar surface area (TPSA) is 43.4 Å². The second-order valence-electron chi connectivity index (χ2n) is 5.26. The average Bonchev–Trinajstić information content (AvgIpc) is 3.11. The quantitative estimate of drug-likeness (QED) is 0.780. The molecule has 23 heavy (non-hydrogen) atoms. The zero-order valence-corrected chi connectivity index (χ0v) is 13.5. The molecule has 4 nitrogen and oxygen atoms in total. The first-order valence-electron chi connectivity index (χ1n) is 7.44. The maximum atomic E-state index is 5.62. The molecule has 0 saturated heterocycles. The van der Waals surface area contributed by atoms with Gasteiger partial charge in [0.15, 0.2) is 0 Å². The van der Waals surface area contributed by atoms with Gasteiger partial charge in [0, 0.05) is 23.1 Å². The SMILES string of the molecule is COc1cccc(-c2csc(-c3ccc4c(c3)NCCO4)n2)c1. The standard InChI is InChI=1S/C18H16N2O2S/c1-21-14-4-2-3-12(9-14)16-11-23-18(20-16)13-5-6-17-15(10-13)19-7-8-22-17/h2-6,9-11,19H,7-8H2,1H3. The molecule has 2 aromatic carbocycles. The molecule has 0 fully saturated rings. The summed E-state index contributed by atoms with van der Waals surface area (Å²) in [5, 5.41) is 6.44. The number of methoxy groups -OCH3 is 1. The summed E-state index contributed by atoms with van der Waals surface area (Å²) in [6.07, 6.45) is 0. The third kappa shape index (κ3) is 2.75. The predicted molar refractivity (Wildman–Crippen MR) is 93.5 cm³/mol. The molecule has 0 unspecified atom stereocenters. The van der Waals surface area contributed by atoms with Gasteiger partial charge >= 0.3 is 0 Å². The molecule has 0 amide bonds. The molecule has 1 aliphatic rings. The Morgan fingerprint density at radius 1 is 1.17 bits per heavy atom. The van der Waals surface area contributed by atoms with Crippen molar-refractivity contribution in [2.24, 2.45) is 0 Å². The van der Waals surface area contributed by atoms with E-state index >= 15 is 0 Å². The van der Waals surface area contributed by atoms with Gasteiger partial charge in [-0.2, -0.15) is 0 Å². The molecule has 1 aromatic heterocycles. The summed E-state index contributed by atoms with van der Waals surface area (Å²) in [5.41, 5.74) is 4.16. The average molecular weight is 324 g/mol. The lowest BCUT2D eigenvalue weighted by molar-refractivity contribution is 0.323. The molecule has 116 valence electrons. The molecule has 0 saturated carbocycles. The van der Waals surface area contributed by atoms with E-state index < -0.39 is 0 Å². The highest BCUT2D eigenvalue weighted by molar-refractivity contribution is 7.13. The molecule has 3 aromatic rings. The first-order chi connectivity index (χ1) is 11.3. The van der Waals surface area contributed by atoms with Gasteiger partial charge in [-0.3, -0.25) is 0 Å². The Kier molecular flexibility index (Phi) is 3.63. The largest absolute Gasteiger partial charge is 0.497 e.